The lowest BCUT2D eigenvalue weighted by Crippen LogP contribution is -1.93. The Labute approximate surface area is 110 Å². The molecular weight excluding hydrogens is 252 g/mol. The summed E-state index contributed by atoms with van der Waals surface area (Å²) in [5.74, 6) is 1.00. The Hall–Kier alpha value is -1.78. The van der Waals surface area contributed by atoms with Crippen LogP contribution in [-0.2, 0) is 6.42 Å². The topological polar surface area (TPSA) is 68.4 Å². The number of ether oxygens (including phenoxy) is 1. The molecule has 0 unspecified atom stereocenters. The first-order valence-corrected chi connectivity index (χ1v) is 5.86. The van der Waals surface area contributed by atoms with Gasteiger partial charge in [-0.25, -0.2) is 4.98 Å². The number of nitrogens with zero attached hydrogens (tertiary/aromatic N) is 1. The Morgan fingerprint density at radius 3 is 2.56 bits per heavy atom. The van der Waals surface area contributed by atoms with E-state index in [9.17, 15) is 0 Å². The molecule has 1 aromatic heterocycles. The smallest absolute Gasteiger partial charge is 0.222 e. The Balaban J connectivity index is 2.13. The van der Waals surface area contributed by atoms with Crippen molar-refractivity contribution in [2.45, 2.75) is 6.42 Å². The molecule has 0 bridgehead atoms. The van der Waals surface area contributed by atoms with E-state index in [2.05, 4.69) is 4.98 Å². The molecule has 0 saturated carbocycles. The summed E-state index contributed by atoms with van der Waals surface area (Å²) in [6.45, 7) is 0.132. The molecule has 0 aliphatic rings. The van der Waals surface area contributed by atoms with Crippen LogP contribution >= 0.6 is 11.6 Å². The quantitative estimate of drug-likeness (QED) is 0.833. The molecule has 0 radical (unpaired) electrons. The zero-order chi connectivity index (χ0) is 13.0. The van der Waals surface area contributed by atoms with Crippen LogP contribution in [0.4, 0.5) is 5.69 Å². The van der Waals surface area contributed by atoms with Crippen LogP contribution in [0.3, 0.4) is 0 Å². The number of aliphatic hydroxyl groups excluding tert-OH is 1. The molecule has 1 aromatic carbocycles. The maximum absolute atomic E-state index is 8.82. The van der Waals surface area contributed by atoms with Gasteiger partial charge >= 0.3 is 0 Å². The minimum absolute atomic E-state index is 0.132. The molecule has 0 fully saturated rings. The largest absolute Gasteiger partial charge is 0.439 e. The molecule has 0 atom stereocenters. The van der Waals surface area contributed by atoms with Gasteiger partial charge in [-0.3, -0.25) is 0 Å². The molecule has 3 N–H and O–H groups in total. The molecule has 4 nitrogen and oxygen atoms in total. The van der Waals surface area contributed by atoms with Gasteiger partial charge in [-0.15, -0.1) is 0 Å². The predicted octanol–water partition coefficient (Wildman–Crippen LogP) is 2.64. The van der Waals surface area contributed by atoms with Crippen LogP contribution in [0.1, 0.15) is 5.56 Å². The van der Waals surface area contributed by atoms with Gasteiger partial charge < -0.3 is 15.6 Å². The van der Waals surface area contributed by atoms with Gasteiger partial charge in [0.25, 0.3) is 0 Å². The maximum Gasteiger partial charge on any atom is 0.222 e. The molecule has 0 aliphatic heterocycles. The van der Waals surface area contributed by atoms with Gasteiger partial charge in [0.2, 0.25) is 5.88 Å². The minimum atomic E-state index is 0.132. The zero-order valence-electron chi connectivity index (χ0n) is 9.64. The monoisotopic (exact) mass is 264 g/mol. The van der Waals surface area contributed by atoms with Gasteiger partial charge in [0, 0.05) is 18.4 Å². The number of aromatic nitrogens is 1. The number of halogens is 1. The average Bonchev–Trinajstić information content (AvgIpc) is 2.31. The van der Waals surface area contributed by atoms with Crippen molar-refractivity contribution < 1.29 is 9.84 Å². The van der Waals surface area contributed by atoms with Crippen molar-refractivity contribution >= 4 is 17.3 Å². The lowest BCUT2D eigenvalue weighted by molar-refractivity contribution is 0.299. The minimum Gasteiger partial charge on any atom is -0.439 e. The summed E-state index contributed by atoms with van der Waals surface area (Å²) in [5, 5.41) is 9.11. The van der Waals surface area contributed by atoms with Crippen LogP contribution in [-0.4, -0.2) is 16.7 Å². The van der Waals surface area contributed by atoms with Crippen LogP contribution in [0.25, 0.3) is 0 Å². The van der Waals surface area contributed by atoms with Gasteiger partial charge in [0.1, 0.15) is 10.9 Å². The van der Waals surface area contributed by atoms with Crippen molar-refractivity contribution in [3.05, 3.63) is 47.1 Å². The Kier molecular flexibility index (Phi) is 4.02. The Morgan fingerprint density at radius 1 is 1.22 bits per heavy atom. The highest BCUT2D eigenvalue weighted by atomic mass is 35.5. The van der Waals surface area contributed by atoms with E-state index in [1.165, 1.54) is 0 Å². The predicted molar refractivity (Wildman–Crippen MR) is 71.0 cm³/mol. The first-order valence-electron chi connectivity index (χ1n) is 5.48. The number of benzene rings is 1. The van der Waals surface area contributed by atoms with Crippen molar-refractivity contribution in [2.75, 3.05) is 12.3 Å². The molecule has 1 heterocycles. The zero-order valence-corrected chi connectivity index (χ0v) is 10.4. The highest BCUT2D eigenvalue weighted by Gasteiger charge is 2.02. The second kappa shape index (κ2) is 5.71. The lowest BCUT2D eigenvalue weighted by atomic mass is 10.1. The summed E-state index contributed by atoms with van der Waals surface area (Å²) in [6, 6.07) is 10.6. The fourth-order valence-electron chi connectivity index (χ4n) is 1.52. The fourth-order valence-corrected chi connectivity index (χ4v) is 1.73. The van der Waals surface area contributed by atoms with Crippen LogP contribution in [0, 0.1) is 0 Å². The molecule has 0 amide bonds. The van der Waals surface area contributed by atoms with E-state index in [0.29, 0.717) is 28.9 Å². The highest BCUT2D eigenvalue weighted by Crippen LogP contribution is 2.24. The van der Waals surface area contributed by atoms with E-state index < -0.39 is 0 Å². The average molecular weight is 265 g/mol. The number of nitrogen functional groups attached to an aromatic ring is 1. The molecule has 2 rings (SSSR count). The number of hydrogen-bond acceptors (Lipinski definition) is 4. The normalized spacial score (nSPS) is 10.3. The number of pyridine rings is 1. The summed E-state index contributed by atoms with van der Waals surface area (Å²) in [7, 11) is 0. The number of anilines is 1. The summed E-state index contributed by atoms with van der Waals surface area (Å²) < 4.78 is 5.54. The van der Waals surface area contributed by atoms with E-state index in [1.54, 1.807) is 12.1 Å². The SMILES string of the molecule is Nc1cc(Cl)nc(Oc2ccc(CCO)cc2)c1. The van der Waals surface area contributed by atoms with Crippen LogP contribution < -0.4 is 10.5 Å². The first-order chi connectivity index (χ1) is 8.67. The fraction of sp³-hybridized carbons (Fsp3) is 0.154. The second-order valence-electron chi connectivity index (χ2n) is 3.78. The number of hydrogen-bond donors (Lipinski definition) is 2. The molecule has 2 aromatic rings. The summed E-state index contributed by atoms with van der Waals surface area (Å²) in [4.78, 5) is 4.01. The number of rotatable bonds is 4. The van der Waals surface area contributed by atoms with Crippen molar-refractivity contribution in [3.8, 4) is 11.6 Å². The Morgan fingerprint density at radius 2 is 1.94 bits per heavy atom. The molecule has 0 spiro atoms. The molecule has 18 heavy (non-hydrogen) atoms. The number of nitrogens with two attached hydrogens (primary N) is 1. The van der Waals surface area contributed by atoms with Crippen molar-refractivity contribution in [1.82, 2.24) is 4.98 Å². The van der Waals surface area contributed by atoms with Gasteiger partial charge in [-0.2, -0.15) is 0 Å². The van der Waals surface area contributed by atoms with E-state index in [4.69, 9.17) is 27.2 Å². The third-order valence-corrected chi connectivity index (χ3v) is 2.53. The van der Waals surface area contributed by atoms with Gasteiger partial charge in [0.05, 0.1) is 0 Å². The van der Waals surface area contributed by atoms with Crippen LogP contribution in [0.5, 0.6) is 11.6 Å². The van der Waals surface area contributed by atoms with Gasteiger partial charge in [0.15, 0.2) is 0 Å². The summed E-state index contributed by atoms with van der Waals surface area (Å²) >= 11 is 5.78. The lowest BCUT2D eigenvalue weighted by Gasteiger charge is -2.06. The van der Waals surface area contributed by atoms with Crippen LogP contribution in [0.2, 0.25) is 5.15 Å². The van der Waals surface area contributed by atoms with E-state index in [-0.39, 0.29) is 6.61 Å². The van der Waals surface area contributed by atoms with E-state index in [1.807, 2.05) is 24.3 Å². The summed E-state index contributed by atoms with van der Waals surface area (Å²) in [5.41, 5.74) is 7.19. The van der Waals surface area contributed by atoms with Crippen molar-refractivity contribution in [3.63, 3.8) is 0 Å². The molecule has 0 saturated heterocycles. The molecule has 5 heteroatoms. The maximum atomic E-state index is 8.82. The first kappa shape index (κ1) is 12.7. The van der Waals surface area contributed by atoms with Crippen LogP contribution in [0.15, 0.2) is 36.4 Å². The Bertz CT molecular complexity index is 509. The second-order valence-corrected chi connectivity index (χ2v) is 4.17. The third kappa shape index (κ3) is 3.35. The molecule has 0 aliphatic carbocycles. The standard InChI is InChI=1S/C13H13ClN2O2/c14-12-7-10(15)8-13(16-12)18-11-3-1-9(2-4-11)5-6-17/h1-4,7-8,17H,5-6H2,(H2,15,16). The molecular formula is C13H13ClN2O2. The van der Waals surface area contributed by atoms with E-state index >= 15 is 0 Å². The van der Waals surface area contributed by atoms with E-state index in [0.717, 1.165) is 5.56 Å². The highest BCUT2D eigenvalue weighted by molar-refractivity contribution is 6.29. The van der Waals surface area contributed by atoms with Gasteiger partial charge in [-0.05, 0) is 30.2 Å². The summed E-state index contributed by atoms with van der Waals surface area (Å²) in [6.07, 6.45) is 0.628. The van der Waals surface area contributed by atoms with Crippen molar-refractivity contribution in [2.24, 2.45) is 0 Å². The number of aliphatic hydroxyl groups is 1. The van der Waals surface area contributed by atoms with Gasteiger partial charge in [-0.1, -0.05) is 23.7 Å². The molecule has 94 valence electrons. The van der Waals surface area contributed by atoms with Crippen molar-refractivity contribution in [1.29, 1.82) is 0 Å². The third-order valence-electron chi connectivity index (χ3n) is 2.34.